The molecule has 1 aromatic carbocycles. The Labute approximate surface area is 148 Å². The molecule has 1 saturated heterocycles. The summed E-state index contributed by atoms with van der Waals surface area (Å²) in [6.45, 7) is 4.86. The SMILES string of the molecule is CC1=Cc2ccccc2C1CCC1=C(C)C=C2C=C3OCOC3C=C21. The van der Waals surface area contributed by atoms with Crippen LogP contribution in [0.3, 0.4) is 0 Å². The minimum Gasteiger partial charge on any atom is -0.469 e. The van der Waals surface area contributed by atoms with E-state index in [0.29, 0.717) is 12.7 Å². The number of hydrogen-bond donors (Lipinski definition) is 0. The molecule has 2 atom stereocenters. The molecule has 0 saturated carbocycles. The first-order chi connectivity index (χ1) is 12.2. The van der Waals surface area contributed by atoms with Gasteiger partial charge in [0.25, 0.3) is 0 Å². The number of allylic oxidation sites excluding steroid dienone is 7. The summed E-state index contributed by atoms with van der Waals surface area (Å²) < 4.78 is 11.2. The minimum absolute atomic E-state index is 0.00175. The Morgan fingerprint density at radius 1 is 1.08 bits per heavy atom. The fraction of sp³-hybridized carbons (Fsp3) is 0.304. The molecule has 0 spiro atoms. The maximum Gasteiger partial charge on any atom is 0.189 e. The van der Waals surface area contributed by atoms with E-state index in [1.165, 1.54) is 39.0 Å². The van der Waals surface area contributed by atoms with Crippen molar-refractivity contribution in [2.75, 3.05) is 6.79 Å². The molecule has 0 aromatic heterocycles. The molecule has 3 aliphatic carbocycles. The zero-order chi connectivity index (χ0) is 17.0. The van der Waals surface area contributed by atoms with E-state index in [1.807, 2.05) is 0 Å². The van der Waals surface area contributed by atoms with Gasteiger partial charge in [0.15, 0.2) is 6.79 Å². The van der Waals surface area contributed by atoms with Crippen LogP contribution in [-0.2, 0) is 9.47 Å². The van der Waals surface area contributed by atoms with Gasteiger partial charge in [0.1, 0.15) is 11.9 Å². The van der Waals surface area contributed by atoms with Crippen LogP contribution in [0.4, 0.5) is 0 Å². The summed E-state index contributed by atoms with van der Waals surface area (Å²) in [5, 5.41) is 0. The van der Waals surface area contributed by atoms with E-state index in [-0.39, 0.29) is 6.10 Å². The van der Waals surface area contributed by atoms with E-state index in [1.54, 1.807) is 0 Å². The number of benzene rings is 1. The molecule has 1 heterocycles. The lowest BCUT2D eigenvalue weighted by molar-refractivity contribution is 0.0629. The zero-order valence-electron chi connectivity index (χ0n) is 14.7. The maximum atomic E-state index is 5.66. The lowest BCUT2D eigenvalue weighted by Crippen LogP contribution is -2.10. The van der Waals surface area contributed by atoms with E-state index in [4.69, 9.17) is 9.47 Å². The average molecular weight is 330 g/mol. The Kier molecular flexibility index (Phi) is 3.36. The second kappa shape index (κ2) is 5.60. The third kappa shape index (κ3) is 2.36. The highest BCUT2D eigenvalue weighted by Crippen LogP contribution is 2.44. The van der Waals surface area contributed by atoms with Crippen molar-refractivity contribution in [1.82, 2.24) is 0 Å². The van der Waals surface area contributed by atoms with Crippen LogP contribution in [-0.4, -0.2) is 12.9 Å². The molecular formula is C23H22O2. The molecule has 1 aliphatic heterocycles. The predicted molar refractivity (Wildman–Crippen MR) is 99.8 cm³/mol. The Bertz CT molecular complexity index is 908. The summed E-state index contributed by atoms with van der Waals surface area (Å²) in [5.74, 6) is 1.49. The van der Waals surface area contributed by atoms with Crippen molar-refractivity contribution in [1.29, 1.82) is 0 Å². The fourth-order valence-corrected chi connectivity index (χ4v) is 4.55. The summed E-state index contributed by atoms with van der Waals surface area (Å²) >= 11 is 0. The van der Waals surface area contributed by atoms with Crippen molar-refractivity contribution < 1.29 is 9.47 Å². The number of rotatable bonds is 3. The van der Waals surface area contributed by atoms with Gasteiger partial charge in [0.05, 0.1) is 0 Å². The molecule has 126 valence electrons. The molecule has 2 nitrogen and oxygen atoms in total. The molecule has 0 radical (unpaired) electrons. The van der Waals surface area contributed by atoms with Crippen molar-refractivity contribution in [3.63, 3.8) is 0 Å². The van der Waals surface area contributed by atoms with E-state index in [0.717, 1.165) is 18.6 Å². The van der Waals surface area contributed by atoms with Gasteiger partial charge in [-0.3, -0.25) is 0 Å². The van der Waals surface area contributed by atoms with Crippen LogP contribution in [0.5, 0.6) is 0 Å². The largest absolute Gasteiger partial charge is 0.469 e. The van der Waals surface area contributed by atoms with Crippen LogP contribution in [0.25, 0.3) is 6.08 Å². The highest BCUT2D eigenvalue weighted by atomic mass is 16.7. The van der Waals surface area contributed by atoms with E-state index >= 15 is 0 Å². The van der Waals surface area contributed by atoms with Crippen molar-refractivity contribution in [3.8, 4) is 0 Å². The van der Waals surface area contributed by atoms with E-state index in [9.17, 15) is 0 Å². The third-order valence-electron chi connectivity index (χ3n) is 5.84. The Hall–Kier alpha value is -2.32. The molecule has 5 rings (SSSR count). The second-order valence-electron chi connectivity index (χ2n) is 7.35. The molecular weight excluding hydrogens is 308 g/mol. The number of ether oxygens (including phenoxy) is 2. The summed E-state index contributed by atoms with van der Waals surface area (Å²) in [6.07, 6.45) is 11.3. The van der Waals surface area contributed by atoms with Crippen molar-refractivity contribution in [2.24, 2.45) is 0 Å². The molecule has 2 heteroatoms. The van der Waals surface area contributed by atoms with Gasteiger partial charge >= 0.3 is 0 Å². The highest BCUT2D eigenvalue weighted by Gasteiger charge is 2.31. The van der Waals surface area contributed by atoms with Gasteiger partial charge in [0, 0.05) is 5.92 Å². The van der Waals surface area contributed by atoms with Crippen molar-refractivity contribution in [2.45, 2.75) is 38.7 Å². The van der Waals surface area contributed by atoms with Crippen LogP contribution in [0, 0.1) is 0 Å². The monoisotopic (exact) mass is 330 g/mol. The maximum absolute atomic E-state index is 5.66. The first kappa shape index (κ1) is 15.0. The molecule has 4 aliphatic rings. The summed E-state index contributed by atoms with van der Waals surface area (Å²) in [4.78, 5) is 0. The van der Waals surface area contributed by atoms with Gasteiger partial charge in [0.2, 0.25) is 0 Å². The zero-order valence-corrected chi connectivity index (χ0v) is 14.7. The Morgan fingerprint density at radius 2 is 1.96 bits per heavy atom. The smallest absolute Gasteiger partial charge is 0.189 e. The first-order valence-corrected chi connectivity index (χ1v) is 9.08. The predicted octanol–water partition coefficient (Wildman–Crippen LogP) is 5.42. The van der Waals surface area contributed by atoms with Gasteiger partial charge in [-0.1, -0.05) is 42.0 Å². The van der Waals surface area contributed by atoms with Gasteiger partial charge < -0.3 is 9.47 Å². The molecule has 2 unspecified atom stereocenters. The molecule has 1 fully saturated rings. The van der Waals surface area contributed by atoms with E-state index < -0.39 is 0 Å². The van der Waals surface area contributed by atoms with Gasteiger partial charge in [-0.25, -0.2) is 0 Å². The van der Waals surface area contributed by atoms with Gasteiger partial charge in [-0.15, -0.1) is 0 Å². The van der Waals surface area contributed by atoms with Gasteiger partial charge in [-0.2, -0.15) is 0 Å². The molecule has 0 amide bonds. The van der Waals surface area contributed by atoms with Gasteiger partial charge in [-0.05, 0) is 72.3 Å². The van der Waals surface area contributed by atoms with Crippen molar-refractivity contribution >= 4 is 6.08 Å². The fourth-order valence-electron chi connectivity index (χ4n) is 4.55. The van der Waals surface area contributed by atoms with Crippen molar-refractivity contribution in [3.05, 3.63) is 87.2 Å². The molecule has 25 heavy (non-hydrogen) atoms. The average Bonchev–Trinajstić information content (AvgIpc) is 3.26. The van der Waals surface area contributed by atoms with Crippen LogP contribution >= 0.6 is 0 Å². The molecule has 1 aromatic rings. The first-order valence-electron chi connectivity index (χ1n) is 9.08. The number of fused-ring (bicyclic) bond motifs is 3. The third-order valence-corrected chi connectivity index (χ3v) is 5.84. The Balaban J connectivity index is 1.38. The standard InChI is InChI=1S/C23H22O2/c1-14-9-16-5-3-4-6-20(16)18(14)7-8-19-15(2)10-17-11-22-23(12-21(17)19)25-13-24-22/h3-6,9-12,18,23H,7-8,13H2,1-2H3. The normalized spacial score (nSPS) is 26.3. The lowest BCUT2D eigenvalue weighted by Gasteiger charge is -2.19. The van der Waals surface area contributed by atoms with Crippen LogP contribution in [0.2, 0.25) is 0 Å². The second-order valence-corrected chi connectivity index (χ2v) is 7.35. The quantitative estimate of drug-likeness (QED) is 0.736. The summed E-state index contributed by atoms with van der Waals surface area (Å²) in [5.41, 5.74) is 9.84. The Morgan fingerprint density at radius 3 is 2.88 bits per heavy atom. The summed E-state index contributed by atoms with van der Waals surface area (Å²) in [7, 11) is 0. The minimum atomic E-state index is 0.00175. The van der Waals surface area contributed by atoms with Crippen LogP contribution in [0.15, 0.2) is 76.1 Å². The van der Waals surface area contributed by atoms with Crippen LogP contribution in [0.1, 0.15) is 43.7 Å². The topological polar surface area (TPSA) is 18.5 Å². The summed E-state index contributed by atoms with van der Waals surface area (Å²) in [6, 6.07) is 8.80. The highest BCUT2D eigenvalue weighted by molar-refractivity contribution is 5.67. The number of hydrogen-bond acceptors (Lipinski definition) is 2. The molecule has 0 bridgehead atoms. The van der Waals surface area contributed by atoms with Crippen LogP contribution < -0.4 is 0 Å². The molecule has 0 N–H and O–H groups in total. The van der Waals surface area contributed by atoms with E-state index in [2.05, 4.69) is 62.4 Å². The lowest BCUT2D eigenvalue weighted by atomic mass is 9.86.